The summed E-state index contributed by atoms with van der Waals surface area (Å²) in [5, 5.41) is 13.6. The Morgan fingerprint density at radius 3 is 2.41 bits per heavy atom. The van der Waals surface area contributed by atoms with Gasteiger partial charge in [-0.25, -0.2) is 4.98 Å². The smallest absolute Gasteiger partial charge is 0.185 e. The van der Waals surface area contributed by atoms with Crippen molar-refractivity contribution in [3.63, 3.8) is 0 Å². The summed E-state index contributed by atoms with van der Waals surface area (Å²) in [5.41, 5.74) is 3.32. The van der Waals surface area contributed by atoms with Crippen LogP contribution in [0, 0.1) is 13.8 Å². The third-order valence-electron chi connectivity index (χ3n) is 4.14. The van der Waals surface area contributed by atoms with E-state index in [4.69, 9.17) is 0 Å². The molecule has 2 heterocycles. The van der Waals surface area contributed by atoms with Crippen LogP contribution in [0.25, 0.3) is 0 Å². The summed E-state index contributed by atoms with van der Waals surface area (Å²) in [6.45, 7) is 8.71. The quantitative estimate of drug-likeness (QED) is 0.941. The SMILES string of the molecule is Cc1ccc(C(O)CN2CCN(c3nc(C)cs3)CC2)cc1. The predicted octanol–water partition coefficient (Wildman–Crippen LogP) is 2.62. The molecule has 1 aromatic heterocycles. The molecule has 4 nitrogen and oxygen atoms in total. The van der Waals surface area contributed by atoms with Gasteiger partial charge in [-0.2, -0.15) is 0 Å². The van der Waals surface area contributed by atoms with E-state index in [2.05, 4.69) is 39.2 Å². The van der Waals surface area contributed by atoms with Crippen molar-refractivity contribution in [3.8, 4) is 0 Å². The number of hydrogen-bond donors (Lipinski definition) is 1. The Balaban J connectivity index is 1.52. The average molecular weight is 317 g/mol. The summed E-state index contributed by atoms with van der Waals surface area (Å²) in [7, 11) is 0. The fourth-order valence-electron chi connectivity index (χ4n) is 2.75. The van der Waals surface area contributed by atoms with Crippen LogP contribution in [0.4, 0.5) is 5.13 Å². The molecule has 118 valence electrons. The molecule has 2 aromatic rings. The maximum absolute atomic E-state index is 10.4. The van der Waals surface area contributed by atoms with Crippen molar-refractivity contribution in [1.82, 2.24) is 9.88 Å². The van der Waals surface area contributed by atoms with E-state index in [9.17, 15) is 5.11 Å². The molecule has 0 radical (unpaired) electrons. The Morgan fingerprint density at radius 2 is 1.82 bits per heavy atom. The average Bonchev–Trinajstić information content (AvgIpc) is 2.95. The van der Waals surface area contributed by atoms with Crippen LogP contribution in [0.15, 0.2) is 29.6 Å². The van der Waals surface area contributed by atoms with Crippen molar-refractivity contribution in [1.29, 1.82) is 0 Å². The number of thiazole rings is 1. The zero-order chi connectivity index (χ0) is 15.5. The maximum Gasteiger partial charge on any atom is 0.185 e. The number of β-amino-alcohol motifs (C(OH)–C–C–N with tert-alkyl or cyclic N) is 1. The number of aliphatic hydroxyl groups excluding tert-OH is 1. The van der Waals surface area contributed by atoms with Crippen LogP contribution in [0.5, 0.6) is 0 Å². The van der Waals surface area contributed by atoms with Crippen molar-refractivity contribution >= 4 is 16.5 Å². The Kier molecular flexibility index (Phi) is 4.76. The van der Waals surface area contributed by atoms with Crippen molar-refractivity contribution < 1.29 is 5.11 Å². The summed E-state index contributed by atoms with van der Waals surface area (Å²) in [4.78, 5) is 9.23. The van der Waals surface area contributed by atoms with Gasteiger partial charge in [0.15, 0.2) is 5.13 Å². The lowest BCUT2D eigenvalue weighted by Crippen LogP contribution is -2.47. The van der Waals surface area contributed by atoms with Crippen molar-refractivity contribution in [2.45, 2.75) is 20.0 Å². The van der Waals surface area contributed by atoms with E-state index in [-0.39, 0.29) is 0 Å². The summed E-state index contributed by atoms with van der Waals surface area (Å²) in [6, 6.07) is 8.16. The highest BCUT2D eigenvalue weighted by atomic mass is 32.1. The van der Waals surface area contributed by atoms with Crippen LogP contribution >= 0.6 is 11.3 Å². The molecule has 3 rings (SSSR count). The molecule has 0 amide bonds. The molecule has 0 saturated carbocycles. The number of rotatable bonds is 4. The van der Waals surface area contributed by atoms with Gasteiger partial charge in [-0.15, -0.1) is 11.3 Å². The number of aryl methyl sites for hydroxylation is 2. The summed E-state index contributed by atoms with van der Waals surface area (Å²) in [5.74, 6) is 0. The molecule has 5 heteroatoms. The molecule has 1 fully saturated rings. The largest absolute Gasteiger partial charge is 0.387 e. The van der Waals surface area contributed by atoms with Crippen molar-refractivity contribution in [2.24, 2.45) is 0 Å². The van der Waals surface area contributed by atoms with E-state index in [1.165, 1.54) is 5.56 Å². The highest BCUT2D eigenvalue weighted by Crippen LogP contribution is 2.22. The first-order valence-corrected chi connectivity index (χ1v) is 8.64. The van der Waals surface area contributed by atoms with E-state index >= 15 is 0 Å². The second-order valence-corrected chi connectivity index (χ2v) is 6.82. The normalized spacial score (nSPS) is 17.7. The molecule has 1 atom stereocenters. The highest BCUT2D eigenvalue weighted by Gasteiger charge is 2.21. The first kappa shape index (κ1) is 15.5. The Hall–Kier alpha value is -1.43. The minimum Gasteiger partial charge on any atom is -0.387 e. The lowest BCUT2D eigenvalue weighted by molar-refractivity contribution is 0.109. The molecule has 1 aromatic carbocycles. The molecule has 1 saturated heterocycles. The molecular weight excluding hydrogens is 294 g/mol. The van der Waals surface area contributed by atoms with E-state index in [1.54, 1.807) is 11.3 Å². The molecule has 22 heavy (non-hydrogen) atoms. The van der Waals surface area contributed by atoms with Gasteiger partial charge in [0.1, 0.15) is 0 Å². The predicted molar refractivity (Wildman–Crippen MR) is 91.6 cm³/mol. The van der Waals surface area contributed by atoms with Crippen LogP contribution < -0.4 is 4.90 Å². The fraction of sp³-hybridized carbons (Fsp3) is 0.471. The van der Waals surface area contributed by atoms with Crippen LogP contribution in [-0.4, -0.2) is 47.7 Å². The van der Waals surface area contributed by atoms with Gasteiger partial charge in [-0.1, -0.05) is 29.8 Å². The van der Waals surface area contributed by atoms with E-state index < -0.39 is 6.10 Å². The second-order valence-electron chi connectivity index (χ2n) is 5.99. The fourth-order valence-corrected chi connectivity index (χ4v) is 3.60. The van der Waals surface area contributed by atoms with Gasteiger partial charge < -0.3 is 10.0 Å². The first-order valence-electron chi connectivity index (χ1n) is 7.76. The molecular formula is C17H23N3OS. The van der Waals surface area contributed by atoms with Crippen LogP contribution in [0.1, 0.15) is 22.9 Å². The topological polar surface area (TPSA) is 39.6 Å². The standard InChI is InChI=1S/C17H23N3OS/c1-13-3-5-15(6-4-13)16(21)11-19-7-9-20(10-8-19)17-18-14(2)12-22-17/h3-6,12,16,21H,7-11H2,1-2H3. The number of anilines is 1. The third-order valence-corrected chi connectivity index (χ3v) is 5.16. The minimum atomic E-state index is -0.408. The maximum atomic E-state index is 10.4. The number of nitrogens with zero attached hydrogens (tertiary/aromatic N) is 3. The number of benzene rings is 1. The number of aromatic nitrogens is 1. The van der Waals surface area contributed by atoms with Gasteiger partial charge in [0, 0.05) is 38.1 Å². The van der Waals surface area contributed by atoms with Crippen molar-refractivity contribution in [2.75, 3.05) is 37.6 Å². The van der Waals surface area contributed by atoms with E-state index in [0.717, 1.165) is 42.6 Å². The van der Waals surface area contributed by atoms with E-state index in [0.29, 0.717) is 6.54 Å². The lowest BCUT2D eigenvalue weighted by Gasteiger charge is -2.35. The molecule has 1 aliphatic rings. The van der Waals surface area contributed by atoms with Gasteiger partial charge in [-0.05, 0) is 19.4 Å². The molecule has 0 aliphatic carbocycles. The van der Waals surface area contributed by atoms with Crippen molar-refractivity contribution in [3.05, 3.63) is 46.5 Å². The summed E-state index contributed by atoms with van der Waals surface area (Å²) >= 11 is 1.72. The molecule has 1 unspecified atom stereocenters. The van der Waals surface area contributed by atoms with Gasteiger partial charge in [-0.3, -0.25) is 4.90 Å². The molecule has 1 N–H and O–H groups in total. The zero-order valence-corrected chi connectivity index (χ0v) is 14.0. The Bertz CT molecular complexity index is 603. The van der Waals surface area contributed by atoms with Crippen LogP contribution in [-0.2, 0) is 0 Å². The number of hydrogen-bond acceptors (Lipinski definition) is 5. The minimum absolute atomic E-state index is 0.408. The first-order chi connectivity index (χ1) is 10.6. The Morgan fingerprint density at radius 1 is 1.14 bits per heavy atom. The zero-order valence-electron chi connectivity index (χ0n) is 13.2. The Labute approximate surface area is 136 Å². The second kappa shape index (κ2) is 6.77. The molecule has 0 bridgehead atoms. The third kappa shape index (κ3) is 3.66. The van der Waals surface area contributed by atoms with Gasteiger partial charge >= 0.3 is 0 Å². The van der Waals surface area contributed by atoms with Crippen LogP contribution in [0.3, 0.4) is 0 Å². The molecule has 1 aliphatic heterocycles. The summed E-state index contributed by atoms with van der Waals surface area (Å²) < 4.78 is 0. The van der Waals surface area contributed by atoms with Gasteiger partial charge in [0.2, 0.25) is 0 Å². The molecule has 0 spiro atoms. The van der Waals surface area contributed by atoms with Gasteiger partial charge in [0.05, 0.1) is 11.8 Å². The monoisotopic (exact) mass is 317 g/mol. The van der Waals surface area contributed by atoms with Gasteiger partial charge in [0.25, 0.3) is 0 Å². The summed E-state index contributed by atoms with van der Waals surface area (Å²) in [6.07, 6.45) is -0.408. The van der Waals surface area contributed by atoms with E-state index in [1.807, 2.05) is 19.1 Å². The lowest BCUT2D eigenvalue weighted by atomic mass is 10.1. The van der Waals surface area contributed by atoms with Crippen LogP contribution in [0.2, 0.25) is 0 Å². The number of aliphatic hydroxyl groups is 1. The highest BCUT2D eigenvalue weighted by molar-refractivity contribution is 7.13. The number of piperazine rings is 1.